The van der Waals surface area contributed by atoms with Crippen LogP contribution in [0.15, 0.2) is 36.2 Å². The Labute approximate surface area is 134 Å². The van der Waals surface area contributed by atoms with Gasteiger partial charge in [0.2, 0.25) is 5.91 Å². The second kappa shape index (κ2) is 6.53. The lowest BCUT2D eigenvalue weighted by Gasteiger charge is -2.21. The zero-order valence-corrected chi connectivity index (χ0v) is 12.7. The fourth-order valence-electron chi connectivity index (χ4n) is 2.63. The molecule has 6 nitrogen and oxygen atoms in total. The second-order valence-corrected chi connectivity index (χ2v) is 5.69. The van der Waals surface area contributed by atoms with E-state index in [0.717, 1.165) is 18.5 Å². The largest absolute Gasteiger partial charge is 0.341 e. The lowest BCUT2D eigenvalue weighted by atomic mass is 10.1. The summed E-state index contributed by atoms with van der Waals surface area (Å²) in [6.45, 7) is 0.155. The zero-order valence-electron chi connectivity index (χ0n) is 12.7. The van der Waals surface area contributed by atoms with Gasteiger partial charge in [-0.25, -0.2) is 0 Å². The first-order chi connectivity index (χ1) is 11.2. The molecule has 0 unspecified atom stereocenters. The fraction of sp³-hybridized carbons (Fsp3) is 0.353. The Morgan fingerprint density at radius 1 is 1.35 bits per heavy atom. The highest BCUT2D eigenvalue weighted by Crippen LogP contribution is 2.27. The van der Waals surface area contributed by atoms with Gasteiger partial charge in [-0.3, -0.25) is 9.59 Å². The van der Waals surface area contributed by atoms with Crippen LogP contribution in [-0.2, 0) is 4.79 Å². The summed E-state index contributed by atoms with van der Waals surface area (Å²) in [6.07, 6.45) is 4.63. The number of benzene rings is 1. The molecule has 0 saturated heterocycles. The number of anilines is 1. The quantitative estimate of drug-likeness (QED) is 0.814. The standard InChI is InChI=1S/C17H18N4O2/c18-10-11-21(12-8-9-12)16(22)7-3-6-15-19-14-5-2-1-4-13(14)17(23)20-15/h1-2,4-6,12,19H,3,7-9,11H2,(H,20,23)/b15-6+. The molecule has 1 aliphatic heterocycles. The van der Waals surface area contributed by atoms with Crippen LogP contribution in [0.3, 0.4) is 0 Å². The van der Waals surface area contributed by atoms with Crippen molar-refractivity contribution in [3.8, 4) is 6.07 Å². The first-order valence-electron chi connectivity index (χ1n) is 7.73. The van der Waals surface area contributed by atoms with Crippen molar-refractivity contribution in [2.24, 2.45) is 0 Å². The third kappa shape index (κ3) is 3.51. The Hall–Kier alpha value is -2.81. The molecule has 2 amide bonds. The van der Waals surface area contributed by atoms with Gasteiger partial charge in [-0.15, -0.1) is 0 Å². The van der Waals surface area contributed by atoms with Gasteiger partial charge in [0.25, 0.3) is 5.91 Å². The summed E-state index contributed by atoms with van der Waals surface area (Å²) < 4.78 is 0. The zero-order chi connectivity index (χ0) is 16.2. The molecule has 6 heteroatoms. The van der Waals surface area contributed by atoms with Crippen molar-refractivity contribution in [1.82, 2.24) is 10.2 Å². The molecule has 1 aliphatic carbocycles. The van der Waals surface area contributed by atoms with Crippen molar-refractivity contribution in [2.45, 2.75) is 31.7 Å². The first kappa shape index (κ1) is 15.1. The molecule has 0 spiro atoms. The third-order valence-corrected chi connectivity index (χ3v) is 3.94. The molecule has 0 atom stereocenters. The molecule has 2 N–H and O–H groups in total. The van der Waals surface area contributed by atoms with Gasteiger partial charge in [-0.05, 0) is 37.5 Å². The van der Waals surface area contributed by atoms with Gasteiger partial charge >= 0.3 is 0 Å². The highest BCUT2D eigenvalue weighted by molar-refractivity contribution is 6.03. The van der Waals surface area contributed by atoms with Crippen molar-refractivity contribution in [3.63, 3.8) is 0 Å². The number of allylic oxidation sites excluding steroid dienone is 1. The van der Waals surface area contributed by atoms with Gasteiger partial charge in [0, 0.05) is 12.5 Å². The summed E-state index contributed by atoms with van der Waals surface area (Å²) in [6, 6.07) is 9.57. The van der Waals surface area contributed by atoms with E-state index >= 15 is 0 Å². The number of fused-ring (bicyclic) bond motifs is 1. The van der Waals surface area contributed by atoms with Gasteiger partial charge < -0.3 is 15.5 Å². The van der Waals surface area contributed by atoms with Crippen LogP contribution in [0.25, 0.3) is 0 Å². The molecule has 1 saturated carbocycles. The first-order valence-corrected chi connectivity index (χ1v) is 7.73. The van der Waals surface area contributed by atoms with Crippen LogP contribution in [0.2, 0.25) is 0 Å². The number of carbonyl (C=O) groups excluding carboxylic acids is 2. The summed E-state index contributed by atoms with van der Waals surface area (Å²) in [5.74, 6) is 0.439. The summed E-state index contributed by atoms with van der Waals surface area (Å²) in [7, 11) is 0. The normalized spacial score (nSPS) is 17.7. The van der Waals surface area contributed by atoms with Crippen LogP contribution in [0.1, 0.15) is 36.0 Å². The predicted molar refractivity (Wildman–Crippen MR) is 85.2 cm³/mol. The minimum Gasteiger partial charge on any atom is -0.341 e. The van der Waals surface area contributed by atoms with E-state index in [1.54, 1.807) is 11.0 Å². The van der Waals surface area contributed by atoms with Crippen molar-refractivity contribution >= 4 is 17.5 Å². The Morgan fingerprint density at radius 3 is 2.87 bits per heavy atom. The van der Waals surface area contributed by atoms with Crippen LogP contribution in [-0.4, -0.2) is 29.3 Å². The molecule has 0 aromatic heterocycles. The maximum absolute atomic E-state index is 12.2. The Balaban J connectivity index is 1.58. The number of nitrogens with zero attached hydrogens (tertiary/aromatic N) is 2. The van der Waals surface area contributed by atoms with Crippen molar-refractivity contribution in [1.29, 1.82) is 5.26 Å². The van der Waals surface area contributed by atoms with Crippen LogP contribution in [0.4, 0.5) is 5.69 Å². The minimum absolute atomic E-state index is 0.00608. The van der Waals surface area contributed by atoms with Crippen molar-refractivity contribution in [3.05, 3.63) is 41.7 Å². The molecule has 23 heavy (non-hydrogen) atoms. The van der Waals surface area contributed by atoms with Crippen LogP contribution < -0.4 is 10.6 Å². The molecule has 1 aromatic rings. The second-order valence-electron chi connectivity index (χ2n) is 5.69. The van der Waals surface area contributed by atoms with Crippen LogP contribution in [0, 0.1) is 11.3 Å². The molecule has 1 heterocycles. The molecule has 1 fully saturated rings. The molecule has 3 rings (SSSR count). The molecule has 0 radical (unpaired) electrons. The van der Waals surface area contributed by atoms with E-state index in [1.807, 2.05) is 30.3 Å². The maximum Gasteiger partial charge on any atom is 0.258 e. The Kier molecular flexibility index (Phi) is 4.29. The third-order valence-electron chi connectivity index (χ3n) is 3.94. The number of amides is 2. The molecular formula is C17H18N4O2. The molecule has 1 aromatic carbocycles. The van der Waals surface area contributed by atoms with Gasteiger partial charge in [0.05, 0.1) is 17.3 Å². The topological polar surface area (TPSA) is 85.2 Å². The summed E-state index contributed by atoms with van der Waals surface area (Å²) >= 11 is 0. The monoisotopic (exact) mass is 310 g/mol. The maximum atomic E-state index is 12.2. The highest BCUT2D eigenvalue weighted by atomic mass is 16.2. The van der Waals surface area contributed by atoms with E-state index in [0.29, 0.717) is 24.2 Å². The molecule has 118 valence electrons. The van der Waals surface area contributed by atoms with E-state index in [2.05, 4.69) is 10.6 Å². The number of hydrogen-bond acceptors (Lipinski definition) is 4. The molecule has 0 bridgehead atoms. The van der Waals surface area contributed by atoms with Gasteiger partial charge in [-0.1, -0.05) is 12.1 Å². The number of nitriles is 1. The van der Waals surface area contributed by atoms with Gasteiger partial charge in [-0.2, -0.15) is 5.26 Å². The minimum atomic E-state index is -0.152. The molecular weight excluding hydrogens is 292 g/mol. The average molecular weight is 310 g/mol. The lowest BCUT2D eigenvalue weighted by molar-refractivity contribution is -0.131. The van der Waals surface area contributed by atoms with E-state index in [4.69, 9.17) is 5.26 Å². The molecule has 2 aliphatic rings. The number of hydrogen-bond donors (Lipinski definition) is 2. The van der Waals surface area contributed by atoms with E-state index in [9.17, 15) is 9.59 Å². The Bertz CT molecular complexity index is 701. The van der Waals surface area contributed by atoms with E-state index in [-0.39, 0.29) is 24.4 Å². The SMILES string of the molecule is N#CCN(C(=O)CC/C=C1/NC(=O)c2ccccc2N1)C1CC1. The summed E-state index contributed by atoms with van der Waals surface area (Å²) in [4.78, 5) is 25.8. The Morgan fingerprint density at radius 2 is 2.13 bits per heavy atom. The van der Waals surface area contributed by atoms with Crippen molar-refractivity contribution < 1.29 is 9.59 Å². The fourth-order valence-corrected chi connectivity index (χ4v) is 2.63. The lowest BCUT2D eigenvalue weighted by Crippen LogP contribution is -2.34. The van der Waals surface area contributed by atoms with Gasteiger partial charge in [0.1, 0.15) is 12.4 Å². The van der Waals surface area contributed by atoms with E-state index < -0.39 is 0 Å². The predicted octanol–water partition coefficient (Wildman–Crippen LogP) is 1.98. The number of carbonyl (C=O) groups is 2. The smallest absolute Gasteiger partial charge is 0.258 e. The summed E-state index contributed by atoms with van der Waals surface area (Å²) in [5.41, 5.74) is 1.37. The number of nitrogens with one attached hydrogen (secondary N) is 2. The average Bonchev–Trinajstić information content (AvgIpc) is 3.37. The van der Waals surface area contributed by atoms with E-state index in [1.165, 1.54) is 0 Å². The number of rotatable bonds is 5. The van der Waals surface area contributed by atoms with Crippen LogP contribution >= 0.6 is 0 Å². The van der Waals surface area contributed by atoms with Crippen molar-refractivity contribution in [2.75, 3.05) is 11.9 Å². The highest BCUT2D eigenvalue weighted by Gasteiger charge is 2.31. The van der Waals surface area contributed by atoms with Gasteiger partial charge in [0.15, 0.2) is 0 Å². The number of para-hydroxylation sites is 1. The van der Waals surface area contributed by atoms with Crippen LogP contribution in [0.5, 0.6) is 0 Å². The summed E-state index contributed by atoms with van der Waals surface area (Å²) in [5, 5.41) is 14.7.